The number of carbonyl (C=O) groups excluding carboxylic acids is 3. The number of para-hydroxylation sites is 1. The van der Waals surface area contributed by atoms with Crippen molar-refractivity contribution in [1.29, 1.82) is 0 Å². The zero-order valence-electron chi connectivity index (χ0n) is 16.7. The fourth-order valence-corrected chi connectivity index (χ4v) is 5.25. The highest BCUT2D eigenvalue weighted by atomic mass is 19.1. The Morgan fingerprint density at radius 2 is 1.73 bits per heavy atom. The molecular weight excluding hydrogens is 385 g/mol. The third kappa shape index (κ3) is 2.41. The Kier molecular flexibility index (Phi) is 4.08. The van der Waals surface area contributed by atoms with Crippen LogP contribution in [0.4, 0.5) is 10.1 Å². The van der Waals surface area contributed by atoms with Crippen molar-refractivity contribution < 1.29 is 18.8 Å². The van der Waals surface area contributed by atoms with Gasteiger partial charge in [0.05, 0.1) is 18.4 Å². The van der Waals surface area contributed by atoms with Crippen molar-refractivity contribution >= 4 is 23.4 Å². The van der Waals surface area contributed by atoms with Crippen LogP contribution in [-0.4, -0.2) is 28.7 Å². The van der Waals surface area contributed by atoms with E-state index < -0.39 is 17.4 Å². The molecule has 0 aromatic heterocycles. The van der Waals surface area contributed by atoms with E-state index in [4.69, 9.17) is 0 Å². The van der Waals surface area contributed by atoms with Crippen LogP contribution in [0.15, 0.2) is 48.5 Å². The summed E-state index contributed by atoms with van der Waals surface area (Å²) < 4.78 is 13.3. The molecule has 3 amide bonds. The van der Waals surface area contributed by atoms with Gasteiger partial charge in [-0.05, 0) is 29.7 Å². The summed E-state index contributed by atoms with van der Waals surface area (Å²) in [7, 11) is 0. The molecule has 1 spiro atoms. The molecule has 5 rings (SSSR count). The summed E-state index contributed by atoms with van der Waals surface area (Å²) in [6.07, 6.45) is 0. The number of fused-ring (bicyclic) bond motifs is 4. The molecule has 3 aliphatic rings. The van der Waals surface area contributed by atoms with Gasteiger partial charge in [0.1, 0.15) is 11.4 Å². The Labute approximate surface area is 173 Å². The number of halogens is 1. The maximum absolute atomic E-state index is 13.6. The second kappa shape index (κ2) is 6.47. The van der Waals surface area contributed by atoms with Crippen molar-refractivity contribution in [1.82, 2.24) is 10.2 Å². The number of benzene rings is 2. The number of rotatable bonds is 3. The molecule has 0 unspecified atom stereocenters. The van der Waals surface area contributed by atoms with Crippen LogP contribution in [0, 0.1) is 23.6 Å². The van der Waals surface area contributed by atoms with Crippen molar-refractivity contribution in [3.63, 3.8) is 0 Å². The monoisotopic (exact) mass is 407 g/mol. The Morgan fingerprint density at radius 3 is 2.43 bits per heavy atom. The fourth-order valence-electron chi connectivity index (χ4n) is 5.25. The number of amides is 3. The molecular formula is C23H22FN3O3. The Balaban J connectivity index is 1.59. The van der Waals surface area contributed by atoms with E-state index >= 15 is 0 Å². The SMILES string of the molecule is CC(C)[C@@H]1N[C@]2(C(=O)Nc3ccccc32)[C@H]2C(=O)N(Cc3ccc(F)cc3)C(=O)[C@H]12. The molecule has 2 aromatic rings. The van der Waals surface area contributed by atoms with E-state index in [0.29, 0.717) is 16.8 Å². The lowest BCUT2D eigenvalue weighted by atomic mass is 9.76. The van der Waals surface area contributed by atoms with Gasteiger partial charge in [0.2, 0.25) is 17.7 Å². The molecule has 0 bridgehead atoms. The Morgan fingerprint density at radius 1 is 1.03 bits per heavy atom. The van der Waals surface area contributed by atoms with Gasteiger partial charge in [-0.15, -0.1) is 0 Å². The summed E-state index contributed by atoms with van der Waals surface area (Å²) in [4.78, 5) is 41.4. The van der Waals surface area contributed by atoms with E-state index in [1.807, 2.05) is 32.0 Å². The number of imide groups is 1. The smallest absolute Gasteiger partial charge is 0.250 e. The predicted octanol–water partition coefficient (Wildman–Crippen LogP) is 2.40. The van der Waals surface area contributed by atoms with Gasteiger partial charge >= 0.3 is 0 Å². The molecule has 2 fully saturated rings. The summed E-state index contributed by atoms with van der Waals surface area (Å²) in [5.41, 5.74) is 0.770. The Hall–Kier alpha value is -3.06. The molecule has 7 heteroatoms. The molecule has 6 nitrogen and oxygen atoms in total. The first kappa shape index (κ1) is 18.9. The van der Waals surface area contributed by atoms with Crippen LogP contribution >= 0.6 is 0 Å². The number of nitrogens with zero attached hydrogens (tertiary/aromatic N) is 1. The van der Waals surface area contributed by atoms with Crippen LogP contribution in [0.25, 0.3) is 0 Å². The topological polar surface area (TPSA) is 78.5 Å². The van der Waals surface area contributed by atoms with Gasteiger partial charge in [0.25, 0.3) is 0 Å². The number of hydrogen-bond acceptors (Lipinski definition) is 4. The van der Waals surface area contributed by atoms with Gasteiger partial charge in [0, 0.05) is 17.3 Å². The standard InChI is InChI=1S/C23H22FN3O3/c1-12(2)19-17-18(23(26-19)15-5-3-4-6-16(15)25-22(23)30)21(29)27(20(17)28)11-13-7-9-14(24)10-8-13/h3-10,12,17-19,26H,11H2,1-2H3,(H,25,30)/t17-,18+,19-,23-/m0/s1. The largest absolute Gasteiger partial charge is 0.324 e. The molecule has 4 atom stereocenters. The van der Waals surface area contributed by atoms with Gasteiger partial charge in [-0.1, -0.05) is 44.2 Å². The lowest BCUT2D eigenvalue weighted by Gasteiger charge is -2.30. The fraction of sp³-hybridized carbons (Fsp3) is 0.348. The average Bonchev–Trinajstić information content (AvgIpc) is 3.31. The van der Waals surface area contributed by atoms with Crippen molar-refractivity contribution in [3.05, 3.63) is 65.5 Å². The van der Waals surface area contributed by atoms with E-state index in [0.717, 1.165) is 0 Å². The number of carbonyl (C=O) groups is 3. The highest BCUT2D eigenvalue weighted by molar-refractivity contribution is 6.15. The lowest BCUT2D eigenvalue weighted by Crippen LogP contribution is -2.53. The minimum absolute atomic E-state index is 0.0416. The number of likely N-dealkylation sites (tertiary alicyclic amines) is 1. The van der Waals surface area contributed by atoms with E-state index in [2.05, 4.69) is 10.6 Å². The van der Waals surface area contributed by atoms with Crippen LogP contribution in [0.2, 0.25) is 0 Å². The lowest BCUT2D eigenvalue weighted by molar-refractivity contribution is -0.143. The van der Waals surface area contributed by atoms with Gasteiger partial charge in [0.15, 0.2) is 0 Å². The van der Waals surface area contributed by atoms with Gasteiger partial charge in [-0.25, -0.2) is 4.39 Å². The molecule has 154 valence electrons. The molecule has 0 radical (unpaired) electrons. The van der Waals surface area contributed by atoms with Crippen molar-refractivity contribution in [2.24, 2.45) is 17.8 Å². The molecule has 2 aromatic carbocycles. The number of nitrogens with one attached hydrogen (secondary N) is 2. The maximum atomic E-state index is 13.6. The minimum atomic E-state index is -1.26. The summed E-state index contributed by atoms with van der Waals surface area (Å²) in [5.74, 6) is -2.73. The second-order valence-corrected chi connectivity index (χ2v) is 8.61. The van der Waals surface area contributed by atoms with Crippen molar-refractivity contribution in [3.8, 4) is 0 Å². The van der Waals surface area contributed by atoms with E-state index in [9.17, 15) is 18.8 Å². The quantitative estimate of drug-likeness (QED) is 0.766. The zero-order chi connectivity index (χ0) is 21.2. The highest BCUT2D eigenvalue weighted by Gasteiger charge is 2.70. The molecule has 3 heterocycles. The first-order valence-electron chi connectivity index (χ1n) is 10.1. The predicted molar refractivity (Wildman–Crippen MR) is 107 cm³/mol. The molecule has 2 N–H and O–H groups in total. The normalized spacial score (nSPS) is 29.7. The zero-order valence-corrected chi connectivity index (χ0v) is 16.7. The molecule has 0 saturated carbocycles. The highest BCUT2D eigenvalue weighted by Crippen LogP contribution is 2.53. The molecule has 30 heavy (non-hydrogen) atoms. The number of hydrogen-bond donors (Lipinski definition) is 2. The summed E-state index contributed by atoms with van der Waals surface area (Å²) in [6, 6.07) is 12.7. The Bertz CT molecular complexity index is 1070. The van der Waals surface area contributed by atoms with E-state index in [1.165, 1.54) is 17.0 Å². The third-order valence-corrected chi connectivity index (χ3v) is 6.62. The van der Waals surface area contributed by atoms with E-state index in [1.54, 1.807) is 18.2 Å². The van der Waals surface area contributed by atoms with Crippen LogP contribution in [0.3, 0.4) is 0 Å². The summed E-state index contributed by atoms with van der Waals surface area (Å²) in [6.45, 7) is 4.02. The van der Waals surface area contributed by atoms with Crippen LogP contribution in [-0.2, 0) is 26.5 Å². The summed E-state index contributed by atoms with van der Waals surface area (Å²) >= 11 is 0. The van der Waals surface area contributed by atoms with Gasteiger partial charge in [-0.3, -0.25) is 24.6 Å². The average molecular weight is 407 g/mol. The van der Waals surface area contributed by atoms with Gasteiger partial charge < -0.3 is 5.32 Å². The van der Waals surface area contributed by atoms with Crippen molar-refractivity contribution in [2.45, 2.75) is 32.0 Å². The van der Waals surface area contributed by atoms with Crippen molar-refractivity contribution in [2.75, 3.05) is 5.32 Å². The van der Waals surface area contributed by atoms with Crippen LogP contribution in [0.1, 0.15) is 25.0 Å². The summed E-state index contributed by atoms with van der Waals surface area (Å²) in [5, 5.41) is 6.28. The first-order chi connectivity index (χ1) is 14.3. The molecule has 0 aliphatic carbocycles. The van der Waals surface area contributed by atoms with E-state index in [-0.39, 0.29) is 42.0 Å². The van der Waals surface area contributed by atoms with Crippen LogP contribution < -0.4 is 10.6 Å². The second-order valence-electron chi connectivity index (χ2n) is 8.61. The van der Waals surface area contributed by atoms with Crippen LogP contribution in [0.5, 0.6) is 0 Å². The number of anilines is 1. The maximum Gasteiger partial charge on any atom is 0.250 e. The van der Waals surface area contributed by atoms with Gasteiger partial charge in [-0.2, -0.15) is 0 Å². The first-order valence-corrected chi connectivity index (χ1v) is 10.1. The molecule has 2 saturated heterocycles. The molecule has 3 aliphatic heterocycles. The third-order valence-electron chi connectivity index (χ3n) is 6.62. The minimum Gasteiger partial charge on any atom is -0.324 e.